The molecule has 1 N–H and O–H groups in total. The van der Waals surface area contributed by atoms with Gasteiger partial charge in [0.15, 0.2) is 0 Å². The van der Waals surface area contributed by atoms with E-state index in [2.05, 4.69) is 4.72 Å². The molecule has 0 bridgehead atoms. The maximum atomic E-state index is 12.1. The van der Waals surface area contributed by atoms with Crippen LogP contribution >= 0.6 is 23.2 Å². The van der Waals surface area contributed by atoms with Crippen molar-refractivity contribution < 1.29 is 13.2 Å². The Morgan fingerprint density at radius 3 is 2.43 bits per heavy atom. The van der Waals surface area contributed by atoms with Gasteiger partial charge in [-0.15, -0.1) is 0 Å². The molecule has 2 rings (SSSR count). The summed E-state index contributed by atoms with van der Waals surface area (Å²) in [6, 6.07) is 4.17. The molecule has 0 aliphatic carbocycles. The van der Waals surface area contributed by atoms with Crippen LogP contribution in [0.3, 0.4) is 0 Å². The van der Waals surface area contributed by atoms with E-state index in [9.17, 15) is 13.2 Å². The monoisotopic (exact) mass is 350 g/mol. The van der Waals surface area contributed by atoms with E-state index in [-0.39, 0.29) is 27.4 Å². The van der Waals surface area contributed by atoms with Gasteiger partial charge in [-0.25, -0.2) is 13.1 Å². The highest BCUT2D eigenvalue weighted by atomic mass is 35.5. The lowest BCUT2D eigenvalue weighted by molar-refractivity contribution is -0.127. The zero-order valence-electron chi connectivity index (χ0n) is 11.3. The van der Waals surface area contributed by atoms with E-state index in [1.165, 1.54) is 18.2 Å². The number of amides is 1. The first kappa shape index (κ1) is 16.5. The summed E-state index contributed by atoms with van der Waals surface area (Å²) in [5, 5.41) is 0.538. The molecule has 0 aromatic heterocycles. The standard InChI is InChI=1S/C13H16Cl2N2O3S/c14-10-7-11(15)9-12(8-10)21(19,20)16-4-2-6-17-5-1-3-13(17)18/h7-9,16H,1-6H2. The Morgan fingerprint density at radius 1 is 1.19 bits per heavy atom. The molecule has 0 atom stereocenters. The summed E-state index contributed by atoms with van der Waals surface area (Å²) in [7, 11) is -3.64. The van der Waals surface area contributed by atoms with Gasteiger partial charge in [0.1, 0.15) is 0 Å². The first-order valence-electron chi connectivity index (χ1n) is 6.62. The Hall–Kier alpha value is -0.820. The number of benzene rings is 1. The fraction of sp³-hybridized carbons (Fsp3) is 0.462. The summed E-state index contributed by atoms with van der Waals surface area (Å²) >= 11 is 11.6. The second-order valence-electron chi connectivity index (χ2n) is 4.84. The molecule has 1 aliphatic heterocycles. The fourth-order valence-electron chi connectivity index (χ4n) is 2.18. The number of nitrogens with one attached hydrogen (secondary N) is 1. The van der Waals surface area contributed by atoms with Gasteiger partial charge in [0.25, 0.3) is 0 Å². The van der Waals surface area contributed by atoms with E-state index >= 15 is 0 Å². The van der Waals surface area contributed by atoms with E-state index in [0.29, 0.717) is 19.4 Å². The maximum absolute atomic E-state index is 12.1. The first-order valence-corrected chi connectivity index (χ1v) is 8.86. The van der Waals surface area contributed by atoms with Crippen LogP contribution in [0, 0.1) is 0 Å². The van der Waals surface area contributed by atoms with E-state index < -0.39 is 10.0 Å². The zero-order chi connectivity index (χ0) is 15.5. The van der Waals surface area contributed by atoms with Crippen molar-refractivity contribution in [2.45, 2.75) is 24.2 Å². The van der Waals surface area contributed by atoms with Gasteiger partial charge >= 0.3 is 0 Å². The molecule has 1 saturated heterocycles. The number of sulfonamides is 1. The maximum Gasteiger partial charge on any atom is 0.240 e. The lowest BCUT2D eigenvalue weighted by Gasteiger charge is -2.15. The van der Waals surface area contributed by atoms with Crippen molar-refractivity contribution in [1.29, 1.82) is 0 Å². The summed E-state index contributed by atoms with van der Waals surface area (Å²) in [5.74, 6) is 0.138. The summed E-state index contributed by atoms with van der Waals surface area (Å²) in [5.41, 5.74) is 0. The lowest BCUT2D eigenvalue weighted by atomic mass is 10.4. The third kappa shape index (κ3) is 4.57. The summed E-state index contributed by atoms with van der Waals surface area (Å²) in [6.45, 7) is 1.59. The highest BCUT2D eigenvalue weighted by Gasteiger charge is 2.20. The second-order valence-corrected chi connectivity index (χ2v) is 7.48. The highest BCUT2D eigenvalue weighted by molar-refractivity contribution is 7.89. The quantitative estimate of drug-likeness (QED) is 0.800. The van der Waals surface area contributed by atoms with Crippen LogP contribution in [-0.2, 0) is 14.8 Å². The minimum Gasteiger partial charge on any atom is -0.343 e. The number of likely N-dealkylation sites (tertiary alicyclic amines) is 1. The fourth-order valence-corrected chi connectivity index (χ4v) is 3.98. The Morgan fingerprint density at radius 2 is 1.86 bits per heavy atom. The number of hydrogen-bond acceptors (Lipinski definition) is 3. The molecule has 8 heteroatoms. The molecule has 1 aliphatic rings. The number of hydrogen-bond donors (Lipinski definition) is 1. The van der Waals surface area contributed by atoms with Crippen molar-refractivity contribution in [3.05, 3.63) is 28.2 Å². The van der Waals surface area contributed by atoms with Gasteiger partial charge in [0.2, 0.25) is 15.9 Å². The van der Waals surface area contributed by atoms with Crippen LogP contribution in [0.25, 0.3) is 0 Å². The van der Waals surface area contributed by atoms with Gasteiger partial charge in [-0.2, -0.15) is 0 Å². The molecule has 0 radical (unpaired) electrons. The highest BCUT2D eigenvalue weighted by Crippen LogP contribution is 2.22. The van der Waals surface area contributed by atoms with E-state index in [4.69, 9.17) is 23.2 Å². The SMILES string of the molecule is O=C1CCCN1CCCNS(=O)(=O)c1cc(Cl)cc(Cl)c1. The van der Waals surface area contributed by atoms with E-state index in [0.717, 1.165) is 13.0 Å². The summed E-state index contributed by atoms with van der Waals surface area (Å²) in [4.78, 5) is 13.2. The van der Waals surface area contributed by atoms with Crippen LogP contribution in [0.5, 0.6) is 0 Å². The van der Waals surface area contributed by atoms with Crippen LogP contribution < -0.4 is 4.72 Å². The van der Waals surface area contributed by atoms with Gasteiger partial charge in [-0.3, -0.25) is 4.79 Å². The third-order valence-corrected chi connectivity index (χ3v) is 5.09. The molecular weight excluding hydrogens is 335 g/mol. The predicted octanol–water partition coefficient (Wildman–Crippen LogP) is 2.28. The van der Waals surface area contributed by atoms with E-state index in [1.54, 1.807) is 4.90 Å². The van der Waals surface area contributed by atoms with Crippen molar-refractivity contribution >= 4 is 39.1 Å². The van der Waals surface area contributed by atoms with Crippen LogP contribution in [0.15, 0.2) is 23.1 Å². The number of carbonyl (C=O) groups is 1. The number of halogens is 2. The van der Waals surface area contributed by atoms with Crippen LogP contribution in [0.4, 0.5) is 0 Å². The normalized spacial score (nSPS) is 15.7. The van der Waals surface area contributed by atoms with Crippen LogP contribution in [0.1, 0.15) is 19.3 Å². The van der Waals surface area contributed by atoms with Crippen molar-refractivity contribution in [2.75, 3.05) is 19.6 Å². The van der Waals surface area contributed by atoms with Gasteiger partial charge in [0, 0.05) is 36.1 Å². The zero-order valence-corrected chi connectivity index (χ0v) is 13.6. The Bertz CT molecular complexity index is 614. The molecule has 1 heterocycles. The predicted molar refractivity (Wildman–Crippen MR) is 82.1 cm³/mol. The smallest absolute Gasteiger partial charge is 0.240 e. The lowest BCUT2D eigenvalue weighted by Crippen LogP contribution is -2.30. The molecule has 1 aromatic carbocycles. The number of carbonyl (C=O) groups excluding carboxylic acids is 1. The van der Waals surface area contributed by atoms with Crippen LogP contribution in [-0.4, -0.2) is 38.9 Å². The minimum absolute atomic E-state index is 0.0391. The second kappa shape index (κ2) is 6.96. The Kier molecular flexibility index (Phi) is 5.48. The van der Waals surface area contributed by atoms with Crippen molar-refractivity contribution in [1.82, 2.24) is 9.62 Å². The number of nitrogens with zero attached hydrogens (tertiary/aromatic N) is 1. The number of rotatable bonds is 6. The molecule has 5 nitrogen and oxygen atoms in total. The molecule has 1 amide bonds. The molecule has 0 unspecified atom stereocenters. The van der Waals surface area contributed by atoms with Crippen LogP contribution in [0.2, 0.25) is 10.0 Å². The Balaban J connectivity index is 1.88. The van der Waals surface area contributed by atoms with Gasteiger partial charge in [0.05, 0.1) is 4.90 Å². The van der Waals surface area contributed by atoms with Crippen molar-refractivity contribution in [3.63, 3.8) is 0 Å². The van der Waals surface area contributed by atoms with Gasteiger partial charge in [-0.05, 0) is 31.0 Å². The molecule has 1 fully saturated rings. The summed E-state index contributed by atoms with van der Waals surface area (Å²) < 4.78 is 26.7. The molecule has 21 heavy (non-hydrogen) atoms. The first-order chi connectivity index (χ1) is 9.88. The molecule has 0 spiro atoms. The summed E-state index contributed by atoms with van der Waals surface area (Å²) in [6.07, 6.45) is 2.04. The van der Waals surface area contributed by atoms with Gasteiger partial charge in [-0.1, -0.05) is 23.2 Å². The molecule has 0 saturated carbocycles. The Labute approximate surface area is 134 Å². The average molecular weight is 351 g/mol. The topological polar surface area (TPSA) is 66.5 Å². The van der Waals surface area contributed by atoms with Crippen molar-refractivity contribution in [3.8, 4) is 0 Å². The van der Waals surface area contributed by atoms with E-state index in [1.807, 2.05) is 0 Å². The van der Waals surface area contributed by atoms with Gasteiger partial charge < -0.3 is 4.90 Å². The average Bonchev–Trinajstić information content (AvgIpc) is 2.79. The molecular formula is C13H16Cl2N2O3S. The largest absolute Gasteiger partial charge is 0.343 e. The molecule has 116 valence electrons. The minimum atomic E-state index is -3.64. The van der Waals surface area contributed by atoms with Crippen molar-refractivity contribution in [2.24, 2.45) is 0 Å². The molecule has 1 aromatic rings. The third-order valence-electron chi connectivity index (χ3n) is 3.21.